The Morgan fingerprint density at radius 1 is 1.38 bits per heavy atom. The minimum atomic E-state index is -0.490. The van der Waals surface area contributed by atoms with Crippen molar-refractivity contribution in [3.8, 4) is 0 Å². The standard InChI is InChI=1S/C16H17N3O4S/c1-2-23-15(22)10-3-5-11(6-4-10)18-14(21)12-9-13(20)19-8-7-17-16(19)24-12/h3-6,12H,2,7-9H2,1H3,(H,18,21). The summed E-state index contributed by atoms with van der Waals surface area (Å²) in [5.74, 6) is -0.711. The summed E-state index contributed by atoms with van der Waals surface area (Å²) in [6.07, 6.45) is 0.163. The van der Waals surface area contributed by atoms with Gasteiger partial charge in [0.25, 0.3) is 0 Å². The predicted octanol–water partition coefficient (Wildman–Crippen LogP) is 1.51. The number of anilines is 1. The van der Waals surface area contributed by atoms with Crippen LogP contribution in [0, 0.1) is 0 Å². The van der Waals surface area contributed by atoms with Crippen LogP contribution in [0.25, 0.3) is 0 Å². The van der Waals surface area contributed by atoms with Crippen molar-refractivity contribution in [3.05, 3.63) is 29.8 Å². The van der Waals surface area contributed by atoms with Crippen LogP contribution in [0.5, 0.6) is 0 Å². The molecule has 0 spiro atoms. The smallest absolute Gasteiger partial charge is 0.338 e. The molecular weight excluding hydrogens is 330 g/mol. The van der Waals surface area contributed by atoms with Gasteiger partial charge in [0.05, 0.1) is 18.7 Å². The van der Waals surface area contributed by atoms with E-state index in [1.54, 1.807) is 36.1 Å². The molecule has 0 radical (unpaired) electrons. The number of nitrogens with zero attached hydrogens (tertiary/aromatic N) is 2. The lowest BCUT2D eigenvalue weighted by Crippen LogP contribution is -2.43. The van der Waals surface area contributed by atoms with Crippen molar-refractivity contribution in [2.24, 2.45) is 4.99 Å². The number of ether oxygens (including phenoxy) is 1. The zero-order chi connectivity index (χ0) is 17.1. The summed E-state index contributed by atoms with van der Waals surface area (Å²) < 4.78 is 4.91. The molecule has 3 rings (SSSR count). The number of amidine groups is 1. The maximum Gasteiger partial charge on any atom is 0.338 e. The molecule has 0 aromatic heterocycles. The van der Waals surface area contributed by atoms with Crippen LogP contribution in [0.15, 0.2) is 29.3 Å². The quantitative estimate of drug-likeness (QED) is 0.834. The highest BCUT2D eigenvalue weighted by molar-refractivity contribution is 8.15. The zero-order valence-corrected chi connectivity index (χ0v) is 14.0. The van der Waals surface area contributed by atoms with Gasteiger partial charge in [0.15, 0.2) is 5.17 Å². The molecule has 1 aromatic rings. The molecule has 1 aromatic carbocycles. The lowest BCUT2D eigenvalue weighted by molar-refractivity contribution is -0.129. The number of nitrogens with one attached hydrogen (secondary N) is 1. The first-order chi connectivity index (χ1) is 11.6. The van der Waals surface area contributed by atoms with E-state index < -0.39 is 11.2 Å². The van der Waals surface area contributed by atoms with Crippen LogP contribution in [-0.2, 0) is 14.3 Å². The Hall–Kier alpha value is -2.35. The van der Waals surface area contributed by atoms with E-state index >= 15 is 0 Å². The molecular formula is C16H17N3O4S. The van der Waals surface area contributed by atoms with Crippen molar-refractivity contribution < 1.29 is 19.1 Å². The summed E-state index contributed by atoms with van der Waals surface area (Å²) in [6, 6.07) is 6.46. The van der Waals surface area contributed by atoms with Gasteiger partial charge in [-0.05, 0) is 31.2 Å². The fourth-order valence-electron chi connectivity index (χ4n) is 2.47. The number of aliphatic imine (C=N–C) groups is 1. The van der Waals surface area contributed by atoms with Crippen LogP contribution in [0.2, 0.25) is 0 Å². The van der Waals surface area contributed by atoms with E-state index in [2.05, 4.69) is 10.3 Å². The first-order valence-corrected chi connectivity index (χ1v) is 8.56. The van der Waals surface area contributed by atoms with Crippen LogP contribution < -0.4 is 5.32 Å². The molecule has 0 aliphatic carbocycles. The fourth-order valence-corrected chi connectivity index (χ4v) is 3.60. The van der Waals surface area contributed by atoms with Crippen molar-refractivity contribution >= 4 is 40.4 Å². The number of carbonyl (C=O) groups is 3. The second kappa shape index (κ2) is 7.04. The molecule has 1 saturated heterocycles. The topological polar surface area (TPSA) is 88.1 Å². The third kappa shape index (κ3) is 3.43. The van der Waals surface area contributed by atoms with Crippen LogP contribution >= 0.6 is 11.8 Å². The number of thioether (sulfide) groups is 1. The Morgan fingerprint density at radius 2 is 2.12 bits per heavy atom. The fraction of sp³-hybridized carbons (Fsp3) is 0.375. The van der Waals surface area contributed by atoms with E-state index in [1.807, 2.05) is 0 Å². The van der Waals surface area contributed by atoms with E-state index in [9.17, 15) is 14.4 Å². The summed E-state index contributed by atoms with van der Waals surface area (Å²) in [6.45, 7) is 3.25. The van der Waals surface area contributed by atoms with E-state index in [4.69, 9.17) is 4.74 Å². The molecule has 126 valence electrons. The number of carbonyl (C=O) groups excluding carboxylic acids is 3. The minimum absolute atomic E-state index is 0.0668. The number of hydrogen-bond acceptors (Lipinski definition) is 6. The van der Waals surface area contributed by atoms with Crippen LogP contribution in [-0.4, -0.2) is 52.8 Å². The molecule has 8 heteroatoms. The second-order valence-electron chi connectivity index (χ2n) is 5.31. The van der Waals surface area contributed by atoms with Crippen LogP contribution in [0.1, 0.15) is 23.7 Å². The van der Waals surface area contributed by atoms with Crippen molar-refractivity contribution in [2.45, 2.75) is 18.6 Å². The summed E-state index contributed by atoms with van der Waals surface area (Å²) >= 11 is 1.32. The molecule has 1 unspecified atom stereocenters. The summed E-state index contributed by atoms with van der Waals surface area (Å²) in [5.41, 5.74) is 0.991. The van der Waals surface area contributed by atoms with Gasteiger partial charge >= 0.3 is 5.97 Å². The minimum Gasteiger partial charge on any atom is -0.462 e. The highest BCUT2D eigenvalue weighted by Crippen LogP contribution is 2.29. The number of amides is 2. The normalized spacial score (nSPS) is 19.5. The summed E-state index contributed by atoms with van der Waals surface area (Å²) in [4.78, 5) is 41.9. The summed E-state index contributed by atoms with van der Waals surface area (Å²) in [7, 11) is 0. The van der Waals surface area contributed by atoms with E-state index in [0.29, 0.717) is 36.1 Å². The maximum atomic E-state index is 12.4. The van der Waals surface area contributed by atoms with Gasteiger partial charge in [-0.1, -0.05) is 11.8 Å². The van der Waals surface area contributed by atoms with Crippen LogP contribution in [0.4, 0.5) is 5.69 Å². The Kier molecular flexibility index (Phi) is 4.84. The molecule has 2 heterocycles. The molecule has 2 amide bonds. The molecule has 0 bridgehead atoms. The first-order valence-electron chi connectivity index (χ1n) is 7.68. The number of fused-ring (bicyclic) bond motifs is 1. The maximum absolute atomic E-state index is 12.4. The van der Waals surface area contributed by atoms with Gasteiger partial charge in [-0.15, -0.1) is 0 Å². The lowest BCUT2D eigenvalue weighted by atomic mass is 10.2. The SMILES string of the molecule is CCOC(=O)c1ccc(NC(=O)C2CC(=O)N3CCN=C3S2)cc1. The van der Waals surface area contributed by atoms with Crippen molar-refractivity contribution in [1.82, 2.24) is 4.90 Å². The van der Waals surface area contributed by atoms with Crippen LogP contribution in [0.3, 0.4) is 0 Å². The van der Waals surface area contributed by atoms with Gasteiger partial charge in [0.2, 0.25) is 11.8 Å². The largest absolute Gasteiger partial charge is 0.462 e. The number of hydrogen-bond donors (Lipinski definition) is 1. The van der Waals surface area contributed by atoms with Gasteiger partial charge < -0.3 is 10.1 Å². The molecule has 24 heavy (non-hydrogen) atoms. The van der Waals surface area contributed by atoms with Crippen molar-refractivity contribution in [2.75, 3.05) is 25.0 Å². The number of rotatable bonds is 4. The van der Waals surface area contributed by atoms with Gasteiger partial charge in [-0.3, -0.25) is 19.5 Å². The highest BCUT2D eigenvalue weighted by Gasteiger charge is 2.37. The zero-order valence-electron chi connectivity index (χ0n) is 13.2. The third-order valence-corrected chi connectivity index (χ3v) is 4.89. The summed E-state index contributed by atoms with van der Waals surface area (Å²) in [5, 5.41) is 2.91. The van der Waals surface area contributed by atoms with Gasteiger partial charge in [0, 0.05) is 18.7 Å². The average molecular weight is 347 g/mol. The van der Waals surface area contributed by atoms with Gasteiger partial charge in [0.1, 0.15) is 5.25 Å². The van der Waals surface area contributed by atoms with E-state index in [0.717, 1.165) is 0 Å². The molecule has 2 aliphatic heterocycles. The Balaban J connectivity index is 1.62. The number of benzene rings is 1. The van der Waals surface area contributed by atoms with Crippen molar-refractivity contribution in [1.29, 1.82) is 0 Å². The monoisotopic (exact) mass is 347 g/mol. The number of esters is 1. The molecule has 7 nitrogen and oxygen atoms in total. The Bertz CT molecular complexity index is 702. The average Bonchev–Trinajstić information content (AvgIpc) is 3.05. The van der Waals surface area contributed by atoms with Gasteiger partial charge in [-0.25, -0.2) is 4.79 Å². The molecule has 1 fully saturated rings. The molecule has 1 atom stereocenters. The third-order valence-electron chi connectivity index (χ3n) is 3.67. The second-order valence-corrected chi connectivity index (χ2v) is 6.48. The van der Waals surface area contributed by atoms with Crippen molar-refractivity contribution in [3.63, 3.8) is 0 Å². The first kappa shape index (κ1) is 16.5. The Morgan fingerprint density at radius 3 is 2.83 bits per heavy atom. The predicted molar refractivity (Wildman–Crippen MR) is 91.0 cm³/mol. The highest BCUT2D eigenvalue weighted by atomic mass is 32.2. The molecule has 2 aliphatic rings. The lowest BCUT2D eigenvalue weighted by Gasteiger charge is -2.27. The molecule has 0 saturated carbocycles. The van der Waals surface area contributed by atoms with E-state index in [-0.39, 0.29) is 18.2 Å². The molecule has 1 N–H and O–H groups in total. The Labute approximate surface area is 143 Å². The van der Waals surface area contributed by atoms with Gasteiger partial charge in [-0.2, -0.15) is 0 Å². The van der Waals surface area contributed by atoms with E-state index in [1.165, 1.54) is 11.8 Å².